The molecule has 0 aromatic heterocycles. The molecule has 140 valence electrons. The summed E-state index contributed by atoms with van der Waals surface area (Å²) in [5, 5.41) is 0. The van der Waals surface area contributed by atoms with E-state index in [0.717, 1.165) is 58.2 Å². The van der Waals surface area contributed by atoms with Crippen molar-refractivity contribution in [2.24, 2.45) is 28.6 Å². The van der Waals surface area contributed by atoms with Crippen molar-refractivity contribution in [2.75, 3.05) is 13.2 Å². The number of hydrogen-bond donors (Lipinski definition) is 0. The van der Waals surface area contributed by atoms with Gasteiger partial charge < -0.3 is 9.47 Å². The second-order valence-electron chi connectivity index (χ2n) is 9.55. The van der Waals surface area contributed by atoms with Crippen LogP contribution in [0.2, 0.25) is 0 Å². The summed E-state index contributed by atoms with van der Waals surface area (Å²) in [5.41, 5.74) is 1.29. The molecule has 3 nitrogen and oxygen atoms in total. The SMILES string of the molecule is CC(=O)[C@]12CCCC=C1C1C(CC2)C(C)(C)C2(CC[C@H]1C)OCCO2. The van der Waals surface area contributed by atoms with Crippen LogP contribution in [0.4, 0.5) is 0 Å². The number of ether oxygens (including phenoxy) is 2. The van der Waals surface area contributed by atoms with Gasteiger partial charge in [0, 0.05) is 17.3 Å². The Morgan fingerprint density at radius 3 is 2.52 bits per heavy atom. The van der Waals surface area contributed by atoms with Gasteiger partial charge in [-0.15, -0.1) is 0 Å². The molecule has 4 rings (SSSR count). The molecule has 1 spiro atoms. The highest BCUT2D eigenvalue weighted by molar-refractivity contribution is 5.86. The summed E-state index contributed by atoms with van der Waals surface area (Å²) in [6.07, 6.45) is 10.0. The summed E-state index contributed by atoms with van der Waals surface area (Å²) < 4.78 is 12.5. The van der Waals surface area contributed by atoms with Crippen molar-refractivity contribution in [3.63, 3.8) is 0 Å². The minimum Gasteiger partial charge on any atom is -0.347 e. The zero-order valence-corrected chi connectivity index (χ0v) is 16.4. The molecule has 0 N–H and O–H groups in total. The van der Waals surface area contributed by atoms with E-state index in [1.807, 2.05) is 6.92 Å². The number of ketones is 1. The standard InChI is InChI=1S/C22H34O3/c1-15-8-12-22(24-13-14-25-22)20(3,4)17-9-11-21(16(2)23)10-6-5-7-18(21)19(15)17/h7,15,17,19H,5-6,8-14H2,1-4H3/t15-,17?,19?,21-/m1/s1. The molecular weight excluding hydrogens is 312 g/mol. The third-order valence-corrected chi connectivity index (χ3v) is 8.28. The second-order valence-corrected chi connectivity index (χ2v) is 9.55. The van der Waals surface area contributed by atoms with E-state index in [2.05, 4.69) is 26.8 Å². The van der Waals surface area contributed by atoms with Crippen molar-refractivity contribution >= 4 is 5.78 Å². The van der Waals surface area contributed by atoms with Gasteiger partial charge in [-0.05, 0) is 63.2 Å². The van der Waals surface area contributed by atoms with Crippen molar-refractivity contribution in [1.29, 1.82) is 0 Å². The fraction of sp³-hybridized carbons (Fsp3) is 0.864. The van der Waals surface area contributed by atoms with Crippen LogP contribution in [0.5, 0.6) is 0 Å². The molecule has 0 radical (unpaired) electrons. The maximum absolute atomic E-state index is 12.7. The lowest BCUT2D eigenvalue weighted by Gasteiger charge is -2.55. The molecule has 3 fully saturated rings. The molecule has 1 aliphatic heterocycles. The highest BCUT2D eigenvalue weighted by Crippen LogP contribution is 2.63. The van der Waals surface area contributed by atoms with Crippen LogP contribution in [0.25, 0.3) is 0 Å². The third kappa shape index (κ3) is 2.34. The molecule has 0 bridgehead atoms. The van der Waals surface area contributed by atoms with E-state index >= 15 is 0 Å². The highest BCUT2D eigenvalue weighted by Gasteiger charge is 2.62. The van der Waals surface area contributed by atoms with Gasteiger partial charge in [-0.1, -0.05) is 32.4 Å². The molecule has 2 saturated carbocycles. The van der Waals surface area contributed by atoms with E-state index in [-0.39, 0.29) is 10.8 Å². The average molecular weight is 347 g/mol. The third-order valence-electron chi connectivity index (χ3n) is 8.28. The Hall–Kier alpha value is -0.670. The quantitative estimate of drug-likeness (QED) is 0.634. The zero-order valence-electron chi connectivity index (χ0n) is 16.4. The van der Waals surface area contributed by atoms with Crippen molar-refractivity contribution in [3.05, 3.63) is 11.6 Å². The average Bonchev–Trinajstić information content (AvgIpc) is 3.06. The number of Topliss-reactive ketones (excluding diaryl/α,β-unsaturated/α-hetero) is 1. The monoisotopic (exact) mass is 346 g/mol. The van der Waals surface area contributed by atoms with E-state index < -0.39 is 5.79 Å². The molecule has 1 heterocycles. The summed E-state index contributed by atoms with van der Waals surface area (Å²) in [7, 11) is 0. The van der Waals surface area contributed by atoms with Crippen molar-refractivity contribution in [3.8, 4) is 0 Å². The van der Waals surface area contributed by atoms with Crippen molar-refractivity contribution in [2.45, 2.75) is 78.4 Å². The summed E-state index contributed by atoms with van der Waals surface area (Å²) >= 11 is 0. The maximum atomic E-state index is 12.7. The number of fused-ring (bicyclic) bond motifs is 3. The smallest absolute Gasteiger partial charge is 0.173 e. The predicted octanol–water partition coefficient (Wildman–Crippen LogP) is 4.90. The molecule has 0 aromatic carbocycles. The van der Waals surface area contributed by atoms with Gasteiger partial charge in [0.1, 0.15) is 5.78 Å². The Balaban J connectivity index is 1.79. The van der Waals surface area contributed by atoms with Crippen molar-refractivity contribution in [1.82, 2.24) is 0 Å². The fourth-order valence-electron chi connectivity index (χ4n) is 6.76. The van der Waals surface area contributed by atoms with Gasteiger partial charge >= 0.3 is 0 Å². The van der Waals surface area contributed by atoms with Gasteiger partial charge in [0.25, 0.3) is 0 Å². The first-order valence-corrected chi connectivity index (χ1v) is 10.3. The number of allylic oxidation sites excluding steroid dienone is 2. The minimum absolute atomic E-state index is 0.0276. The van der Waals surface area contributed by atoms with E-state index in [0.29, 0.717) is 23.5 Å². The molecule has 0 aromatic rings. The molecule has 1 saturated heterocycles. The summed E-state index contributed by atoms with van der Waals surface area (Å²) in [6, 6.07) is 0. The molecule has 4 aliphatic rings. The van der Waals surface area contributed by atoms with Gasteiger partial charge in [0.05, 0.1) is 13.2 Å². The van der Waals surface area contributed by atoms with E-state index in [1.54, 1.807) is 0 Å². The van der Waals surface area contributed by atoms with Crippen LogP contribution >= 0.6 is 0 Å². The minimum atomic E-state index is -0.424. The Morgan fingerprint density at radius 2 is 1.84 bits per heavy atom. The number of rotatable bonds is 1. The Labute approximate surface area is 152 Å². The summed E-state index contributed by atoms with van der Waals surface area (Å²) in [6.45, 7) is 10.4. The Morgan fingerprint density at radius 1 is 1.12 bits per heavy atom. The Kier molecular flexibility index (Phi) is 4.20. The maximum Gasteiger partial charge on any atom is 0.173 e. The first-order chi connectivity index (χ1) is 11.8. The molecule has 25 heavy (non-hydrogen) atoms. The number of carbonyl (C=O) groups excluding carboxylic acids is 1. The molecule has 2 unspecified atom stereocenters. The number of hydrogen-bond acceptors (Lipinski definition) is 3. The van der Waals surface area contributed by atoms with Crippen LogP contribution in [0, 0.1) is 28.6 Å². The van der Waals surface area contributed by atoms with Crippen LogP contribution in [-0.2, 0) is 14.3 Å². The normalized spacial score (nSPS) is 42.2. The van der Waals surface area contributed by atoms with Crippen molar-refractivity contribution < 1.29 is 14.3 Å². The molecule has 3 aliphatic carbocycles. The number of carbonyl (C=O) groups is 1. The first kappa shape index (κ1) is 17.7. The van der Waals surface area contributed by atoms with Gasteiger partial charge in [-0.3, -0.25) is 4.79 Å². The van der Waals surface area contributed by atoms with Gasteiger partial charge in [-0.25, -0.2) is 0 Å². The lowest BCUT2D eigenvalue weighted by Crippen LogP contribution is -2.54. The summed E-state index contributed by atoms with van der Waals surface area (Å²) in [5.74, 6) is 1.58. The van der Waals surface area contributed by atoms with Gasteiger partial charge in [0.15, 0.2) is 5.79 Å². The molecular formula is C22H34O3. The zero-order chi connectivity index (χ0) is 17.9. The van der Waals surface area contributed by atoms with Gasteiger partial charge in [-0.2, -0.15) is 0 Å². The molecule has 4 atom stereocenters. The van der Waals surface area contributed by atoms with Crippen LogP contribution in [0.15, 0.2) is 11.6 Å². The van der Waals surface area contributed by atoms with Gasteiger partial charge in [0.2, 0.25) is 0 Å². The summed E-state index contributed by atoms with van der Waals surface area (Å²) in [4.78, 5) is 12.7. The molecule has 3 heteroatoms. The predicted molar refractivity (Wildman–Crippen MR) is 98.1 cm³/mol. The lowest BCUT2D eigenvalue weighted by molar-refractivity contribution is -0.248. The van der Waals surface area contributed by atoms with Crippen LogP contribution < -0.4 is 0 Å². The largest absolute Gasteiger partial charge is 0.347 e. The van der Waals surface area contributed by atoms with E-state index in [9.17, 15) is 4.79 Å². The van der Waals surface area contributed by atoms with E-state index in [4.69, 9.17) is 9.47 Å². The Bertz CT molecular complexity index is 584. The van der Waals surface area contributed by atoms with Crippen LogP contribution in [0.3, 0.4) is 0 Å². The van der Waals surface area contributed by atoms with Crippen LogP contribution in [-0.4, -0.2) is 24.8 Å². The fourth-order valence-corrected chi connectivity index (χ4v) is 6.76. The first-order valence-electron chi connectivity index (χ1n) is 10.3. The highest BCUT2D eigenvalue weighted by atomic mass is 16.7. The topological polar surface area (TPSA) is 35.5 Å². The lowest BCUT2D eigenvalue weighted by atomic mass is 9.50. The van der Waals surface area contributed by atoms with E-state index in [1.165, 1.54) is 5.57 Å². The van der Waals surface area contributed by atoms with Crippen LogP contribution in [0.1, 0.15) is 72.6 Å². The molecule has 0 amide bonds. The second kappa shape index (κ2) is 5.92.